The Hall–Kier alpha value is -8.19. The van der Waals surface area contributed by atoms with Crippen molar-refractivity contribution in [3.63, 3.8) is 0 Å². The molecule has 0 aliphatic rings. The molecule has 4 heterocycles. The summed E-state index contributed by atoms with van der Waals surface area (Å²) in [4.78, 5) is 15.7. The molecular formula is C57H34N4OS. The Bertz CT molecular complexity index is 3870. The zero-order valence-corrected chi connectivity index (χ0v) is 34.6. The lowest BCUT2D eigenvalue weighted by molar-refractivity contribution is 0.669. The SMILES string of the molecule is c1ccc(-c2nc(-c3cccc(-n4c5ccccc5c5ccccc54)c3)nc(-c3cccc4oc5ccc(-c6ccc(-c7ccccc7)c7sc8ccccc8c67)cc5c34)n2)cc1. The molecule has 63 heavy (non-hydrogen) atoms. The fourth-order valence-electron chi connectivity index (χ4n) is 9.42. The van der Waals surface area contributed by atoms with Crippen LogP contribution in [0.1, 0.15) is 0 Å². The normalized spacial score (nSPS) is 11.8. The van der Waals surface area contributed by atoms with Crippen molar-refractivity contribution in [1.29, 1.82) is 0 Å². The zero-order valence-electron chi connectivity index (χ0n) is 33.7. The van der Waals surface area contributed by atoms with Crippen molar-refractivity contribution in [1.82, 2.24) is 19.5 Å². The van der Waals surface area contributed by atoms with Gasteiger partial charge in [-0.3, -0.25) is 0 Å². The average molecular weight is 823 g/mol. The number of rotatable bonds is 6. The van der Waals surface area contributed by atoms with E-state index >= 15 is 0 Å². The highest BCUT2D eigenvalue weighted by atomic mass is 32.1. The first-order valence-corrected chi connectivity index (χ1v) is 21.9. The summed E-state index contributed by atoms with van der Waals surface area (Å²) >= 11 is 1.86. The Morgan fingerprint density at radius 3 is 1.76 bits per heavy atom. The Kier molecular flexibility index (Phi) is 8.01. The van der Waals surface area contributed by atoms with E-state index in [1.165, 1.54) is 47.6 Å². The molecule has 0 N–H and O–H groups in total. The van der Waals surface area contributed by atoms with Gasteiger partial charge in [-0.25, -0.2) is 15.0 Å². The maximum Gasteiger partial charge on any atom is 0.164 e. The highest BCUT2D eigenvalue weighted by Crippen LogP contribution is 2.46. The molecule has 4 aromatic heterocycles. The van der Waals surface area contributed by atoms with E-state index in [-0.39, 0.29) is 0 Å². The molecule has 0 unspecified atom stereocenters. The Labute approximate surface area is 365 Å². The molecule has 294 valence electrons. The standard InChI is InChI=1S/C57H34N4OS/c1-3-15-35(16-4-1)41-31-30-40(53-44-23-9-12-28-51(44)63-54(41)53)37-29-32-49-46(34-37)52-45(24-14-27-50(52)62-49)57-59-55(36-17-5-2-6-18-36)58-56(60-57)38-19-13-20-39(33-38)61-47-25-10-7-21-42(47)43-22-8-11-26-48(43)61/h1-34H. The monoisotopic (exact) mass is 822 g/mol. The molecule has 0 saturated carbocycles. The third-order valence-electron chi connectivity index (χ3n) is 12.3. The van der Waals surface area contributed by atoms with Crippen LogP contribution >= 0.6 is 11.3 Å². The van der Waals surface area contributed by atoms with Gasteiger partial charge in [0.1, 0.15) is 11.2 Å². The third-order valence-corrected chi connectivity index (χ3v) is 13.5. The van der Waals surface area contributed by atoms with Gasteiger partial charge in [0.15, 0.2) is 17.5 Å². The van der Waals surface area contributed by atoms with Gasteiger partial charge >= 0.3 is 0 Å². The van der Waals surface area contributed by atoms with E-state index < -0.39 is 0 Å². The maximum atomic E-state index is 6.61. The van der Waals surface area contributed by atoms with Crippen molar-refractivity contribution < 1.29 is 4.42 Å². The lowest BCUT2D eigenvalue weighted by atomic mass is 9.94. The van der Waals surface area contributed by atoms with Crippen molar-refractivity contribution in [2.24, 2.45) is 0 Å². The van der Waals surface area contributed by atoms with Crippen LogP contribution in [0.2, 0.25) is 0 Å². The quantitative estimate of drug-likeness (QED) is 0.168. The minimum absolute atomic E-state index is 0.582. The molecule has 0 saturated heterocycles. The van der Waals surface area contributed by atoms with E-state index in [1.54, 1.807) is 0 Å². The van der Waals surface area contributed by atoms with Gasteiger partial charge in [0.05, 0.1) is 11.0 Å². The molecule has 0 aliphatic carbocycles. The van der Waals surface area contributed by atoms with Gasteiger partial charge in [0, 0.05) is 64.1 Å². The van der Waals surface area contributed by atoms with Crippen LogP contribution < -0.4 is 0 Å². The summed E-state index contributed by atoms with van der Waals surface area (Å²) in [6.45, 7) is 0. The molecule has 13 aromatic rings. The van der Waals surface area contributed by atoms with Gasteiger partial charge in [-0.05, 0) is 70.8 Å². The molecule has 0 spiro atoms. The third kappa shape index (κ3) is 5.73. The predicted molar refractivity (Wildman–Crippen MR) is 262 cm³/mol. The minimum atomic E-state index is 0.582. The first kappa shape index (κ1) is 35.6. The highest BCUT2D eigenvalue weighted by Gasteiger charge is 2.21. The van der Waals surface area contributed by atoms with Crippen LogP contribution in [-0.2, 0) is 0 Å². The van der Waals surface area contributed by atoms with Crippen LogP contribution in [0.15, 0.2) is 211 Å². The summed E-state index contributed by atoms with van der Waals surface area (Å²) < 4.78 is 11.5. The summed E-state index contributed by atoms with van der Waals surface area (Å²) in [7, 11) is 0. The van der Waals surface area contributed by atoms with Crippen LogP contribution in [0, 0.1) is 0 Å². The van der Waals surface area contributed by atoms with Gasteiger partial charge in [0.2, 0.25) is 0 Å². The van der Waals surface area contributed by atoms with Crippen LogP contribution in [0.25, 0.3) is 126 Å². The van der Waals surface area contributed by atoms with E-state index in [2.05, 4.69) is 180 Å². The minimum Gasteiger partial charge on any atom is -0.456 e. The van der Waals surface area contributed by atoms with Crippen molar-refractivity contribution >= 4 is 75.3 Å². The van der Waals surface area contributed by atoms with E-state index in [9.17, 15) is 0 Å². The average Bonchev–Trinajstić information content (AvgIpc) is 4.04. The van der Waals surface area contributed by atoms with E-state index in [0.29, 0.717) is 17.5 Å². The highest BCUT2D eigenvalue weighted by molar-refractivity contribution is 7.26. The molecule has 0 aliphatic heterocycles. The van der Waals surface area contributed by atoms with Gasteiger partial charge in [-0.1, -0.05) is 158 Å². The second-order valence-electron chi connectivity index (χ2n) is 15.9. The number of furan rings is 1. The van der Waals surface area contributed by atoms with Crippen LogP contribution in [0.4, 0.5) is 0 Å². The Morgan fingerprint density at radius 1 is 0.365 bits per heavy atom. The molecule has 13 rings (SSSR count). The maximum absolute atomic E-state index is 6.61. The topological polar surface area (TPSA) is 56.7 Å². The predicted octanol–water partition coefficient (Wildman–Crippen LogP) is 15.6. The van der Waals surface area contributed by atoms with E-state index in [4.69, 9.17) is 19.4 Å². The van der Waals surface area contributed by atoms with Gasteiger partial charge in [0.25, 0.3) is 0 Å². The lowest BCUT2D eigenvalue weighted by Gasteiger charge is -2.12. The summed E-state index contributed by atoms with van der Waals surface area (Å²) in [6.07, 6.45) is 0. The molecule has 6 heteroatoms. The van der Waals surface area contributed by atoms with Crippen LogP contribution in [0.5, 0.6) is 0 Å². The molecular weight excluding hydrogens is 789 g/mol. The second-order valence-corrected chi connectivity index (χ2v) is 17.0. The van der Waals surface area contributed by atoms with Crippen LogP contribution in [-0.4, -0.2) is 19.5 Å². The van der Waals surface area contributed by atoms with Crippen molar-refractivity contribution in [2.45, 2.75) is 0 Å². The largest absolute Gasteiger partial charge is 0.456 e. The van der Waals surface area contributed by atoms with E-state index in [0.717, 1.165) is 60.9 Å². The number of benzene rings is 9. The summed E-state index contributed by atoms with van der Waals surface area (Å²) in [5.41, 5.74) is 12.4. The smallest absolute Gasteiger partial charge is 0.164 e. The van der Waals surface area contributed by atoms with E-state index in [1.807, 2.05) is 41.7 Å². The van der Waals surface area contributed by atoms with Crippen molar-refractivity contribution in [3.8, 4) is 62.1 Å². The number of nitrogens with zero attached hydrogens (tertiary/aromatic N) is 4. The van der Waals surface area contributed by atoms with Crippen LogP contribution in [0.3, 0.4) is 0 Å². The fraction of sp³-hybridized carbons (Fsp3) is 0. The molecule has 0 amide bonds. The zero-order chi connectivity index (χ0) is 41.4. The molecule has 0 bridgehead atoms. The van der Waals surface area contributed by atoms with Crippen molar-refractivity contribution in [3.05, 3.63) is 206 Å². The lowest BCUT2D eigenvalue weighted by Crippen LogP contribution is -2.01. The summed E-state index contributed by atoms with van der Waals surface area (Å²) in [5, 5.41) is 6.94. The van der Waals surface area contributed by atoms with Gasteiger partial charge in [-0.15, -0.1) is 11.3 Å². The Balaban J connectivity index is 1.00. The summed E-state index contributed by atoms with van der Waals surface area (Å²) in [6, 6.07) is 72.6. The fourth-order valence-corrected chi connectivity index (χ4v) is 10.7. The molecule has 0 fully saturated rings. The van der Waals surface area contributed by atoms with Crippen molar-refractivity contribution in [2.75, 3.05) is 0 Å². The van der Waals surface area contributed by atoms with Gasteiger partial charge < -0.3 is 8.98 Å². The Morgan fingerprint density at radius 2 is 0.984 bits per heavy atom. The second kappa shape index (κ2) is 14.2. The van der Waals surface area contributed by atoms with Gasteiger partial charge in [-0.2, -0.15) is 0 Å². The first-order chi connectivity index (χ1) is 31.2. The number of fused-ring (bicyclic) bond motifs is 9. The molecule has 9 aromatic carbocycles. The number of thiophene rings is 1. The molecule has 0 radical (unpaired) electrons. The molecule has 5 nitrogen and oxygen atoms in total. The number of hydrogen-bond donors (Lipinski definition) is 0. The number of hydrogen-bond acceptors (Lipinski definition) is 5. The first-order valence-electron chi connectivity index (χ1n) is 21.1. The number of para-hydroxylation sites is 2. The number of aromatic nitrogens is 4. The summed E-state index contributed by atoms with van der Waals surface area (Å²) in [5.74, 6) is 1.78. The molecule has 0 atom stereocenters.